The number of nitrogens with zero attached hydrogens (tertiary/aromatic N) is 1. The number of hydrogen-bond acceptors (Lipinski definition) is 6. The van der Waals surface area contributed by atoms with Crippen LogP contribution in [0.4, 0.5) is 0 Å². The van der Waals surface area contributed by atoms with Gasteiger partial charge in [-0.05, 0) is 24.3 Å². The predicted molar refractivity (Wildman–Crippen MR) is 107 cm³/mol. The van der Waals surface area contributed by atoms with E-state index in [1.807, 2.05) is 0 Å². The highest BCUT2D eigenvalue weighted by molar-refractivity contribution is 7.89. The lowest BCUT2D eigenvalue weighted by atomic mass is 10.1. The Morgan fingerprint density at radius 2 is 1.86 bits per heavy atom. The molecule has 0 fully saturated rings. The van der Waals surface area contributed by atoms with Gasteiger partial charge in [0.2, 0.25) is 16.8 Å². The van der Waals surface area contributed by atoms with E-state index in [2.05, 4.69) is 4.98 Å². The predicted octanol–water partition coefficient (Wildman–Crippen LogP) is 2.09. The van der Waals surface area contributed by atoms with Gasteiger partial charge in [-0.3, -0.25) is 4.79 Å². The Kier molecular flexibility index (Phi) is 5.22. The molecule has 4 rings (SSSR count). The molecule has 0 saturated heterocycles. The lowest BCUT2D eigenvalue weighted by molar-refractivity contribution is 0.174. The summed E-state index contributed by atoms with van der Waals surface area (Å²) in [4.78, 5) is 15.2. The average molecular weight is 437 g/mol. The molecule has 0 spiro atoms. The SMILES string of the molecule is O=c1[nH]c2cc3c(cc2cc1CN(CCO)S(=O)(=O)c1ccccc1Cl)OCO3. The maximum atomic E-state index is 13.1. The molecular weight excluding hydrogens is 420 g/mol. The summed E-state index contributed by atoms with van der Waals surface area (Å²) in [6, 6.07) is 11.0. The molecule has 152 valence electrons. The van der Waals surface area contributed by atoms with Gasteiger partial charge in [-0.1, -0.05) is 23.7 Å². The number of aromatic nitrogens is 1. The molecule has 1 aromatic heterocycles. The van der Waals surface area contributed by atoms with Gasteiger partial charge < -0.3 is 19.6 Å². The monoisotopic (exact) mass is 436 g/mol. The van der Waals surface area contributed by atoms with Crippen molar-refractivity contribution in [1.29, 1.82) is 0 Å². The molecule has 1 aliphatic heterocycles. The van der Waals surface area contributed by atoms with Crippen LogP contribution in [0, 0.1) is 0 Å². The van der Waals surface area contributed by atoms with E-state index in [0.29, 0.717) is 22.4 Å². The third-order valence-corrected chi connectivity index (χ3v) is 6.91. The zero-order chi connectivity index (χ0) is 20.6. The molecule has 1 aliphatic rings. The molecule has 8 nitrogen and oxygen atoms in total. The van der Waals surface area contributed by atoms with E-state index in [4.69, 9.17) is 21.1 Å². The summed E-state index contributed by atoms with van der Waals surface area (Å²) in [7, 11) is -4.03. The summed E-state index contributed by atoms with van der Waals surface area (Å²) >= 11 is 6.06. The molecule has 0 unspecified atom stereocenters. The Bertz CT molecular complexity index is 1240. The molecule has 0 amide bonds. The maximum Gasteiger partial charge on any atom is 0.252 e. The van der Waals surface area contributed by atoms with Crippen molar-refractivity contribution < 1.29 is 23.0 Å². The van der Waals surface area contributed by atoms with E-state index in [1.54, 1.807) is 30.3 Å². The Hall–Kier alpha value is -2.59. The number of benzene rings is 2. The highest BCUT2D eigenvalue weighted by Gasteiger charge is 2.27. The summed E-state index contributed by atoms with van der Waals surface area (Å²) < 4.78 is 37.8. The number of sulfonamides is 1. The van der Waals surface area contributed by atoms with E-state index in [0.717, 1.165) is 4.31 Å². The molecule has 29 heavy (non-hydrogen) atoms. The fourth-order valence-corrected chi connectivity index (χ4v) is 5.04. The van der Waals surface area contributed by atoms with Crippen LogP contribution in [-0.2, 0) is 16.6 Å². The second-order valence-corrected chi connectivity index (χ2v) is 8.72. The van der Waals surface area contributed by atoms with Gasteiger partial charge in [0.25, 0.3) is 5.56 Å². The fourth-order valence-electron chi connectivity index (χ4n) is 3.14. The van der Waals surface area contributed by atoms with Crippen molar-refractivity contribution >= 4 is 32.5 Å². The molecule has 2 N–H and O–H groups in total. The van der Waals surface area contributed by atoms with Crippen LogP contribution < -0.4 is 15.0 Å². The van der Waals surface area contributed by atoms with Crippen molar-refractivity contribution in [2.75, 3.05) is 19.9 Å². The van der Waals surface area contributed by atoms with Gasteiger partial charge in [0, 0.05) is 30.1 Å². The van der Waals surface area contributed by atoms with E-state index in [-0.39, 0.29) is 35.4 Å². The van der Waals surface area contributed by atoms with Crippen molar-refractivity contribution in [3.63, 3.8) is 0 Å². The first-order valence-corrected chi connectivity index (χ1v) is 10.5. The fraction of sp³-hybridized carbons (Fsp3) is 0.211. The second kappa shape index (κ2) is 7.68. The minimum Gasteiger partial charge on any atom is -0.454 e. The first kappa shape index (κ1) is 19.7. The number of nitrogens with one attached hydrogen (secondary N) is 1. The first-order chi connectivity index (χ1) is 13.9. The van der Waals surface area contributed by atoms with Gasteiger partial charge in [-0.15, -0.1) is 0 Å². The van der Waals surface area contributed by atoms with Crippen LogP contribution in [0.1, 0.15) is 5.56 Å². The third-order valence-electron chi connectivity index (χ3n) is 4.56. The van der Waals surface area contributed by atoms with E-state index >= 15 is 0 Å². The van der Waals surface area contributed by atoms with Gasteiger partial charge in [-0.2, -0.15) is 4.31 Å². The zero-order valence-electron chi connectivity index (χ0n) is 15.1. The smallest absolute Gasteiger partial charge is 0.252 e. The minimum absolute atomic E-state index is 0.0653. The quantitative estimate of drug-likeness (QED) is 0.612. The van der Waals surface area contributed by atoms with Crippen LogP contribution in [0.5, 0.6) is 11.5 Å². The van der Waals surface area contributed by atoms with Gasteiger partial charge in [-0.25, -0.2) is 8.42 Å². The Balaban J connectivity index is 1.74. The molecule has 0 saturated carbocycles. The van der Waals surface area contributed by atoms with Crippen LogP contribution in [0.2, 0.25) is 5.02 Å². The number of rotatable bonds is 6. The van der Waals surface area contributed by atoms with Crippen LogP contribution in [0.25, 0.3) is 10.9 Å². The molecule has 0 aliphatic carbocycles. The van der Waals surface area contributed by atoms with E-state index in [1.165, 1.54) is 12.1 Å². The Morgan fingerprint density at radius 3 is 2.59 bits per heavy atom. The van der Waals surface area contributed by atoms with Gasteiger partial charge >= 0.3 is 0 Å². The zero-order valence-corrected chi connectivity index (χ0v) is 16.7. The molecule has 0 atom stereocenters. The number of ether oxygens (including phenoxy) is 2. The Labute approximate surface area is 171 Å². The lowest BCUT2D eigenvalue weighted by Crippen LogP contribution is -2.35. The van der Waals surface area contributed by atoms with Crippen molar-refractivity contribution in [1.82, 2.24) is 9.29 Å². The standard InChI is InChI=1S/C19H17ClN2O6S/c20-14-3-1-2-4-18(14)29(25,26)22(5-6-23)10-13-7-12-8-16-17(28-11-27-16)9-15(12)21-19(13)24/h1-4,7-9,23H,5-6,10-11H2,(H,21,24). The van der Waals surface area contributed by atoms with Crippen LogP contribution in [0.3, 0.4) is 0 Å². The number of fused-ring (bicyclic) bond motifs is 2. The normalized spacial score (nSPS) is 13.3. The molecule has 0 bridgehead atoms. The highest BCUT2D eigenvalue weighted by atomic mass is 35.5. The van der Waals surface area contributed by atoms with Gasteiger partial charge in [0.1, 0.15) is 4.90 Å². The molecule has 0 radical (unpaired) electrons. The summed E-state index contributed by atoms with van der Waals surface area (Å²) in [6.07, 6.45) is 0. The van der Waals surface area contributed by atoms with Crippen molar-refractivity contribution in [2.24, 2.45) is 0 Å². The minimum atomic E-state index is -4.03. The maximum absolute atomic E-state index is 13.1. The summed E-state index contributed by atoms with van der Waals surface area (Å²) in [5.41, 5.74) is 0.333. The summed E-state index contributed by atoms with van der Waals surface area (Å²) in [5, 5.41) is 10.1. The largest absolute Gasteiger partial charge is 0.454 e. The number of hydrogen-bond donors (Lipinski definition) is 2. The van der Waals surface area contributed by atoms with Crippen molar-refractivity contribution in [2.45, 2.75) is 11.4 Å². The van der Waals surface area contributed by atoms with Gasteiger partial charge in [0.15, 0.2) is 11.5 Å². The highest BCUT2D eigenvalue weighted by Crippen LogP contribution is 2.35. The number of aliphatic hydroxyl groups is 1. The van der Waals surface area contributed by atoms with E-state index in [9.17, 15) is 18.3 Å². The second-order valence-electron chi connectivity index (χ2n) is 6.41. The number of pyridine rings is 1. The topological polar surface area (TPSA) is 109 Å². The summed E-state index contributed by atoms with van der Waals surface area (Å²) in [6.45, 7) is -0.725. The lowest BCUT2D eigenvalue weighted by Gasteiger charge is -2.22. The van der Waals surface area contributed by atoms with Crippen LogP contribution in [-0.4, -0.2) is 42.8 Å². The van der Waals surface area contributed by atoms with Crippen molar-refractivity contribution in [3.05, 3.63) is 63.4 Å². The molecule has 2 heterocycles. The number of halogens is 1. The molecular formula is C19H17ClN2O6S. The number of aromatic amines is 1. The molecule has 10 heteroatoms. The molecule has 2 aromatic carbocycles. The van der Waals surface area contributed by atoms with Crippen LogP contribution >= 0.6 is 11.6 Å². The third kappa shape index (κ3) is 3.69. The van der Waals surface area contributed by atoms with Gasteiger partial charge in [0.05, 0.1) is 17.1 Å². The number of H-pyrrole nitrogens is 1. The van der Waals surface area contributed by atoms with E-state index < -0.39 is 22.2 Å². The summed E-state index contributed by atoms with van der Waals surface area (Å²) in [5.74, 6) is 1.08. The number of aliphatic hydroxyl groups excluding tert-OH is 1. The van der Waals surface area contributed by atoms with Crippen molar-refractivity contribution in [3.8, 4) is 11.5 Å². The average Bonchev–Trinajstić information content (AvgIpc) is 3.13. The Morgan fingerprint density at radius 1 is 1.14 bits per heavy atom. The van der Waals surface area contributed by atoms with Crippen LogP contribution in [0.15, 0.2) is 52.2 Å². The first-order valence-electron chi connectivity index (χ1n) is 8.71. The molecule has 3 aromatic rings.